The van der Waals surface area contributed by atoms with E-state index in [1.165, 1.54) is 24.3 Å². The van der Waals surface area contributed by atoms with Crippen LogP contribution < -0.4 is 4.90 Å². The van der Waals surface area contributed by atoms with Crippen LogP contribution in [0.2, 0.25) is 0 Å². The van der Waals surface area contributed by atoms with Crippen molar-refractivity contribution in [1.29, 1.82) is 0 Å². The maximum absolute atomic E-state index is 13.8. The molecule has 38 heavy (non-hydrogen) atoms. The lowest BCUT2D eigenvalue weighted by Gasteiger charge is -2.38. The van der Waals surface area contributed by atoms with Crippen molar-refractivity contribution in [3.05, 3.63) is 95.1 Å². The van der Waals surface area contributed by atoms with Crippen LogP contribution in [0.1, 0.15) is 41.2 Å². The highest BCUT2D eigenvalue weighted by molar-refractivity contribution is 5.76. The predicted molar refractivity (Wildman–Crippen MR) is 138 cm³/mol. The molecule has 0 atom stereocenters. The molecule has 6 rings (SSSR count). The SMILES string of the molecule is Cc1cc(F)cc(-c2ccc(N3CC(/C=C/c4c(-c5ccccc5C(F)(F)F)noc4C4CC4)C3)nc2)c1. The lowest BCUT2D eigenvalue weighted by atomic mass is 9.95. The quantitative estimate of drug-likeness (QED) is 0.243. The first kappa shape index (κ1) is 24.4. The molecule has 1 saturated heterocycles. The van der Waals surface area contributed by atoms with E-state index < -0.39 is 11.7 Å². The fourth-order valence-electron chi connectivity index (χ4n) is 4.94. The van der Waals surface area contributed by atoms with Crippen molar-refractivity contribution >= 4 is 11.9 Å². The summed E-state index contributed by atoms with van der Waals surface area (Å²) < 4.78 is 60.4. The van der Waals surface area contributed by atoms with Gasteiger partial charge in [0, 0.05) is 47.8 Å². The van der Waals surface area contributed by atoms with E-state index in [0.717, 1.165) is 54.5 Å². The summed E-state index contributed by atoms with van der Waals surface area (Å²) in [5.41, 5.74) is 2.66. The largest absolute Gasteiger partial charge is 0.417 e. The van der Waals surface area contributed by atoms with Gasteiger partial charge in [0.25, 0.3) is 0 Å². The molecule has 0 amide bonds. The van der Waals surface area contributed by atoms with Crippen LogP contribution in [-0.2, 0) is 6.18 Å². The molecule has 0 unspecified atom stereocenters. The van der Waals surface area contributed by atoms with Crippen molar-refractivity contribution in [2.45, 2.75) is 31.9 Å². The van der Waals surface area contributed by atoms with Crippen molar-refractivity contribution in [3.63, 3.8) is 0 Å². The molecule has 0 bridgehead atoms. The fourth-order valence-corrected chi connectivity index (χ4v) is 4.94. The van der Waals surface area contributed by atoms with Crippen LogP contribution in [0.3, 0.4) is 0 Å². The van der Waals surface area contributed by atoms with Crippen molar-refractivity contribution in [3.8, 4) is 22.4 Å². The first-order valence-electron chi connectivity index (χ1n) is 12.6. The van der Waals surface area contributed by atoms with Crippen molar-refractivity contribution in [1.82, 2.24) is 10.1 Å². The Hall–Kier alpha value is -3.94. The summed E-state index contributed by atoms with van der Waals surface area (Å²) in [5.74, 6) is 1.64. The normalized spacial score (nSPS) is 16.3. The summed E-state index contributed by atoms with van der Waals surface area (Å²) in [5, 5.41) is 4.08. The van der Waals surface area contributed by atoms with Crippen LogP contribution in [0.25, 0.3) is 28.5 Å². The van der Waals surface area contributed by atoms with Crippen LogP contribution in [0, 0.1) is 18.7 Å². The second-order valence-electron chi connectivity index (χ2n) is 10.1. The molecule has 1 saturated carbocycles. The van der Waals surface area contributed by atoms with Gasteiger partial charge in [-0.2, -0.15) is 13.2 Å². The van der Waals surface area contributed by atoms with Crippen molar-refractivity contribution < 1.29 is 22.1 Å². The van der Waals surface area contributed by atoms with Gasteiger partial charge in [-0.1, -0.05) is 41.6 Å². The maximum Gasteiger partial charge on any atom is 0.417 e. The number of halogens is 4. The zero-order valence-electron chi connectivity index (χ0n) is 20.7. The predicted octanol–water partition coefficient (Wildman–Crippen LogP) is 7.90. The molecule has 0 radical (unpaired) electrons. The van der Waals surface area contributed by atoms with Gasteiger partial charge in [-0.15, -0.1) is 0 Å². The Kier molecular flexibility index (Phi) is 6.05. The van der Waals surface area contributed by atoms with Crippen LogP contribution in [0.15, 0.2) is 71.4 Å². The average molecular weight is 520 g/mol. The fraction of sp³-hybridized carbons (Fsp3) is 0.267. The zero-order chi connectivity index (χ0) is 26.4. The van der Waals surface area contributed by atoms with Crippen LogP contribution in [0.5, 0.6) is 0 Å². The van der Waals surface area contributed by atoms with Gasteiger partial charge in [-0.25, -0.2) is 9.37 Å². The number of anilines is 1. The number of nitrogens with zero attached hydrogens (tertiary/aromatic N) is 3. The summed E-state index contributed by atoms with van der Waals surface area (Å²) in [4.78, 5) is 6.69. The monoisotopic (exact) mass is 519 g/mol. The number of hydrogen-bond acceptors (Lipinski definition) is 4. The average Bonchev–Trinajstić information content (AvgIpc) is 3.61. The lowest BCUT2D eigenvalue weighted by molar-refractivity contribution is -0.137. The third-order valence-electron chi connectivity index (χ3n) is 7.08. The van der Waals surface area contributed by atoms with E-state index in [1.54, 1.807) is 12.3 Å². The Morgan fingerprint density at radius 1 is 1.00 bits per heavy atom. The van der Waals surface area contributed by atoms with E-state index >= 15 is 0 Å². The maximum atomic E-state index is 13.8. The molecule has 2 aromatic carbocycles. The molecule has 1 aliphatic carbocycles. The number of alkyl halides is 3. The highest BCUT2D eigenvalue weighted by Crippen LogP contribution is 2.46. The number of pyridine rings is 1. The van der Waals surface area contributed by atoms with E-state index in [2.05, 4.69) is 15.0 Å². The third-order valence-corrected chi connectivity index (χ3v) is 7.08. The van der Waals surface area contributed by atoms with Crippen molar-refractivity contribution in [2.75, 3.05) is 18.0 Å². The Morgan fingerprint density at radius 2 is 1.79 bits per heavy atom. The minimum Gasteiger partial charge on any atom is -0.360 e. The number of aromatic nitrogens is 2. The Morgan fingerprint density at radius 3 is 2.47 bits per heavy atom. The molecular formula is C30H25F4N3O. The van der Waals surface area contributed by atoms with Gasteiger partial charge in [0.15, 0.2) is 0 Å². The zero-order valence-corrected chi connectivity index (χ0v) is 20.7. The first-order valence-corrected chi connectivity index (χ1v) is 12.6. The van der Waals surface area contributed by atoms with Gasteiger partial charge in [0.2, 0.25) is 0 Å². The number of hydrogen-bond donors (Lipinski definition) is 0. The van der Waals surface area contributed by atoms with Gasteiger partial charge in [0.05, 0.1) is 5.56 Å². The van der Waals surface area contributed by atoms with Gasteiger partial charge in [0.1, 0.15) is 23.1 Å². The molecule has 4 nitrogen and oxygen atoms in total. The summed E-state index contributed by atoms with van der Waals surface area (Å²) in [6.07, 6.45) is 3.06. The summed E-state index contributed by atoms with van der Waals surface area (Å²) in [6.45, 7) is 3.33. The van der Waals surface area contributed by atoms with E-state index in [0.29, 0.717) is 11.3 Å². The third kappa shape index (κ3) is 4.83. The molecule has 194 valence electrons. The summed E-state index contributed by atoms with van der Waals surface area (Å²) in [7, 11) is 0. The molecule has 2 aromatic heterocycles. The molecule has 2 fully saturated rings. The second kappa shape index (κ2) is 9.42. The van der Waals surface area contributed by atoms with Crippen LogP contribution >= 0.6 is 0 Å². The molecule has 4 aromatic rings. The number of rotatable bonds is 6. The number of aryl methyl sites for hydroxylation is 1. The van der Waals surface area contributed by atoms with E-state index in [1.807, 2.05) is 37.3 Å². The standard InChI is InChI=1S/C30H25F4N3O/c1-18-12-22(14-23(31)13-18)21-9-11-27(35-15-21)37-16-19(17-37)6-10-25-28(36-38-29(25)20-7-8-20)24-4-2-3-5-26(24)30(32,33)34/h2-6,9-15,19-20H,7-8,16-17H2,1H3/b10-6+. The van der Waals surface area contributed by atoms with E-state index in [9.17, 15) is 17.6 Å². The van der Waals surface area contributed by atoms with Gasteiger partial charge < -0.3 is 9.42 Å². The van der Waals surface area contributed by atoms with Crippen LogP contribution in [-0.4, -0.2) is 23.2 Å². The van der Waals surface area contributed by atoms with Crippen LogP contribution in [0.4, 0.5) is 23.4 Å². The molecule has 2 aliphatic rings. The van der Waals surface area contributed by atoms with Crippen molar-refractivity contribution in [2.24, 2.45) is 5.92 Å². The Labute approximate surface area is 217 Å². The minimum atomic E-state index is -4.49. The molecule has 0 spiro atoms. The second-order valence-corrected chi connectivity index (χ2v) is 10.1. The summed E-state index contributed by atoms with van der Waals surface area (Å²) >= 11 is 0. The smallest absolute Gasteiger partial charge is 0.360 e. The highest BCUT2D eigenvalue weighted by atomic mass is 19.4. The molecule has 3 heterocycles. The van der Waals surface area contributed by atoms with Gasteiger partial charge >= 0.3 is 6.18 Å². The topological polar surface area (TPSA) is 42.2 Å². The lowest BCUT2D eigenvalue weighted by Crippen LogP contribution is -2.46. The first-order chi connectivity index (χ1) is 18.3. The minimum absolute atomic E-state index is 0.0308. The summed E-state index contributed by atoms with van der Waals surface area (Å²) in [6, 6.07) is 14.3. The molecular weight excluding hydrogens is 494 g/mol. The molecule has 0 N–H and O–H groups in total. The number of benzene rings is 2. The van der Waals surface area contributed by atoms with Gasteiger partial charge in [-0.3, -0.25) is 0 Å². The van der Waals surface area contributed by atoms with Gasteiger partial charge in [-0.05, 0) is 61.2 Å². The molecule has 1 aliphatic heterocycles. The Bertz CT molecular complexity index is 1480. The van der Waals surface area contributed by atoms with E-state index in [-0.39, 0.29) is 28.9 Å². The molecule has 8 heteroatoms. The Balaban J connectivity index is 1.18. The highest BCUT2D eigenvalue weighted by Gasteiger charge is 2.37. The van der Waals surface area contributed by atoms with E-state index in [4.69, 9.17) is 4.52 Å².